The molecule has 0 aliphatic carbocycles. The minimum absolute atomic E-state index is 0.0262. The molecule has 0 aromatic carbocycles. The molecule has 0 saturated carbocycles. The van der Waals surface area contributed by atoms with Crippen LogP contribution in [0.5, 0.6) is 0 Å². The zero-order valence-corrected chi connectivity index (χ0v) is 25.0. The second kappa shape index (κ2) is 15.5. The van der Waals surface area contributed by atoms with Crippen molar-refractivity contribution in [2.45, 2.75) is 50.0 Å². The van der Waals surface area contributed by atoms with Crippen molar-refractivity contribution in [1.82, 2.24) is 29.1 Å². The Balaban J connectivity index is 0.000000313. The number of alkyl halides is 9. The van der Waals surface area contributed by atoms with Crippen molar-refractivity contribution in [3.8, 4) is 11.3 Å². The summed E-state index contributed by atoms with van der Waals surface area (Å²) in [7, 11) is 4.21. The number of carboxylic acid groups (broad SMARTS) is 3. The van der Waals surface area contributed by atoms with Gasteiger partial charge in [-0.15, -0.1) is 0 Å². The highest BCUT2D eigenvalue weighted by Crippen LogP contribution is 2.41. The number of rotatable bonds is 3. The highest BCUT2D eigenvalue weighted by atomic mass is 19.4. The van der Waals surface area contributed by atoms with Crippen LogP contribution in [0.15, 0.2) is 41.4 Å². The van der Waals surface area contributed by atoms with E-state index >= 15 is 0 Å². The van der Waals surface area contributed by atoms with Crippen LogP contribution in [0, 0.1) is 0 Å². The summed E-state index contributed by atoms with van der Waals surface area (Å²) in [6.07, 6.45) is -5.28. The molecule has 2 aliphatic rings. The van der Waals surface area contributed by atoms with Crippen LogP contribution >= 0.6 is 0 Å². The number of halogens is 9. The third-order valence-electron chi connectivity index (χ3n) is 7.03. The third-order valence-corrected chi connectivity index (χ3v) is 7.03. The summed E-state index contributed by atoms with van der Waals surface area (Å²) in [5, 5.41) is 25.7. The average Bonchev–Trinajstić information content (AvgIpc) is 3.73. The molecule has 22 heteroatoms. The Bertz CT molecular complexity index is 1450. The highest BCUT2D eigenvalue weighted by Gasteiger charge is 2.46. The summed E-state index contributed by atoms with van der Waals surface area (Å²) >= 11 is 0. The van der Waals surface area contributed by atoms with Crippen molar-refractivity contribution in [2.75, 3.05) is 26.7 Å². The van der Waals surface area contributed by atoms with E-state index in [-0.39, 0.29) is 5.54 Å². The van der Waals surface area contributed by atoms with E-state index in [0.29, 0.717) is 0 Å². The molecule has 0 bridgehead atoms. The number of aryl methyl sites for hydroxylation is 1. The molecule has 1 spiro atoms. The van der Waals surface area contributed by atoms with Gasteiger partial charge in [0, 0.05) is 45.0 Å². The Labute approximate surface area is 264 Å². The predicted molar refractivity (Wildman–Crippen MR) is 143 cm³/mol. The van der Waals surface area contributed by atoms with Crippen LogP contribution in [0.4, 0.5) is 39.5 Å². The SMILES string of the molecule is CN1CCn2c(-c3cnn(C)c3)cnc2C12CCN(Cc1ccco1)CC2.O=C(O)C(F)(F)F.O=C(O)C(F)(F)F.O=C(O)C(F)(F)F. The molecule has 0 radical (unpaired) electrons. The fourth-order valence-electron chi connectivity index (χ4n) is 4.70. The molecule has 0 unspecified atom stereocenters. The molecule has 5 rings (SSSR count). The summed E-state index contributed by atoms with van der Waals surface area (Å²) in [4.78, 5) is 36.6. The molecule has 48 heavy (non-hydrogen) atoms. The van der Waals surface area contributed by atoms with Crippen LogP contribution in [0.1, 0.15) is 24.4 Å². The van der Waals surface area contributed by atoms with Gasteiger partial charge in [-0.3, -0.25) is 14.5 Å². The lowest BCUT2D eigenvalue weighted by molar-refractivity contribution is -0.193. The van der Waals surface area contributed by atoms with Gasteiger partial charge in [-0.1, -0.05) is 0 Å². The van der Waals surface area contributed by atoms with E-state index in [1.807, 2.05) is 30.2 Å². The van der Waals surface area contributed by atoms with Gasteiger partial charge in [-0.2, -0.15) is 44.6 Å². The number of nitrogens with zero attached hydrogens (tertiary/aromatic N) is 6. The van der Waals surface area contributed by atoms with E-state index in [1.54, 1.807) is 6.26 Å². The molecule has 13 nitrogen and oxygen atoms in total. The molecule has 268 valence electrons. The number of fused-ring (bicyclic) bond motifs is 2. The van der Waals surface area contributed by atoms with Crippen molar-refractivity contribution in [3.63, 3.8) is 0 Å². The Hall–Kier alpha value is -4.60. The molecule has 1 saturated heterocycles. The van der Waals surface area contributed by atoms with Crippen molar-refractivity contribution >= 4 is 17.9 Å². The van der Waals surface area contributed by atoms with Crippen molar-refractivity contribution in [2.24, 2.45) is 7.05 Å². The van der Waals surface area contributed by atoms with E-state index in [2.05, 4.69) is 38.8 Å². The maximum absolute atomic E-state index is 10.6. The van der Waals surface area contributed by atoms with Crippen LogP contribution in [-0.2, 0) is 40.1 Å². The van der Waals surface area contributed by atoms with Gasteiger partial charge in [0.15, 0.2) is 0 Å². The summed E-state index contributed by atoms with van der Waals surface area (Å²) in [5.41, 5.74) is 2.35. The van der Waals surface area contributed by atoms with Gasteiger partial charge in [0.1, 0.15) is 11.6 Å². The molecular weight excluding hydrogens is 679 g/mol. The molecule has 3 aromatic rings. The zero-order valence-electron chi connectivity index (χ0n) is 25.0. The first-order valence-corrected chi connectivity index (χ1v) is 13.4. The summed E-state index contributed by atoms with van der Waals surface area (Å²) < 4.78 is 105. The Morgan fingerprint density at radius 1 is 0.833 bits per heavy atom. The highest BCUT2D eigenvalue weighted by molar-refractivity contribution is 5.73. The van der Waals surface area contributed by atoms with Crippen molar-refractivity contribution < 1.29 is 73.6 Å². The number of carboxylic acids is 3. The summed E-state index contributed by atoms with van der Waals surface area (Å²) in [5.74, 6) is -6.01. The van der Waals surface area contributed by atoms with Crippen molar-refractivity contribution in [3.05, 3.63) is 48.6 Å². The minimum atomic E-state index is -5.08. The van der Waals surface area contributed by atoms with E-state index in [1.165, 1.54) is 11.5 Å². The van der Waals surface area contributed by atoms with Gasteiger partial charge in [-0.25, -0.2) is 19.4 Å². The number of likely N-dealkylation sites (N-methyl/N-ethyl adjacent to an activating group) is 1. The van der Waals surface area contributed by atoms with Gasteiger partial charge in [-0.05, 0) is 32.0 Å². The number of piperidine rings is 1. The Morgan fingerprint density at radius 3 is 1.73 bits per heavy atom. The minimum Gasteiger partial charge on any atom is -0.475 e. The first-order valence-electron chi connectivity index (χ1n) is 13.4. The molecule has 2 aliphatic heterocycles. The number of likely N-dealkylation sites (tertiary alicyclic amines) is 1. The number of hydrogen-bond acceptors (Lipinski definition) is 8. The quantitative estimate of drug-likeness (QED) is 0.334. The van der Waals surface area contributed by atoms with Crippen molar-refractivity contribution in [1.29, 1.82) is 0 Å². The maximum Gasteiger partial charge on any atom is 0.490 e. The lowest BCUT2D eigenvalue weighted by Crippen LogP contribution is -2.56. The number of furan rings is 1. The van der Waals surface area contributed by atoms with Gasteiger partial charge in [0.25, 0.3) is 0 Å². The van der Waals surface area contributed by atoms with Crippen LogP contribution in [-0.4, -0.2) is 108 Å². The molecule has 0 atom stereocenters. The zero-order chi connectivity index (χ0) is 36.7. The molecule has 0 amide bonds. The van der Waals surface area contributed by atoms with Crippen LogP contribution < -0.4 is 0 Å². The van der Waals surface area contributed by atoms with Crippen LogP contribution in [0.2, 0.25) is 0 Å². The Morgan fingerprint density at radius 2 is 1.33 bits per heavy atom. The second-order valence-corrected chi connectivity index (χ2v) is 10.2. The van der Waals surface area contributed by atoms with Crippen LogP contribution in [0.3, 0.4) is 0 Å². The fourth-order valence-corrected chi connectivity index (χ4v) is 4.70. The molecule has 3 N–H and O–H groups in total. The number of aliphatic carboxylic acids is 3. The molecule has 1 fully saturated rings. The first kappa shape index (κ1) is 39.6. The predicted octanol–water partition coefficient (Wildman–Crippen LogP) is 4.21. The fraction of sp³-hybridized carbons (Fsp3) is 0.500. The topological polar surface area (TPSA) is 167 Å². The number of carbonyl (C=O) groups is 3. The lowest BCUT2D eigenvalue weighted by Gasteiger charge is -2.49. The molecule has 3 aromatic heterocycles. The van der Waals surface area contributed by atoms with Gasteiger partial charge >= 0.3 is 36.4 Å². The van der Waals surface area contributed by atoms with E-state index in [4.69, 9.17) is 39.1 Å². The first-order chi connectivity index (χ1) is 22.0. The summed E-state index contributed by atoms with van der Waals surface area (Å²) in [6, 6.07) is 4.02. The van der Waals surface area contributed by atoms with E-state index < -0.39 is 36.4 Å². The lowest BCUT2D eigenvalue weighted by atomic mass is 9.83. The number of aromatic nitrogens is 4. The standard InChI is InChI=1S/C20H26N6O.3C2HF3O2/c1-23-9-10-26-18(16-12-22-24(2)14-16)13-21-19(26)20(23)5-7-25(8-6-20)15-17-4-3-11-27-17;3*3-2(4,5)1(6)7/h3-4,11-14H,5-10,15H2,1-2H3;3*(H,6,7). The Kier molecular flexibility index (Phi) is 12.8. The smallest absolute Gasteiger partial charge is 0.475 e. The largest absolute Gasteiger partial charge is 0.490 e. The van der Waals surface area contributed by atoms with E-state index in [9.17, 15) is 39.5 Å². The third kappa shape index (κ3) is 10.7. The average molecular weight is 709 g/mol. The van der Waals surface area contributed by atoms with E-state index in [0.717, 1.165) is 56.9 Å². The summed E-state index contributed by atoms with van der Waals surface area (Å²) in [6.45, 7) is 5.03. The number of hydrogen-bond donors (Lipinski definition) is 3. The molecule has 5 heterocycles. The number of imidazole rings is 1. The van der Waals surface area contributed by atoms with Gasteiger partial charge < -0.3 is 24.3 Å². The second-order valence-electron chi connectivity index (χ2n) is 10.2. The van der Waals surface area contributed by atoms with Crippen LogP contribution in [0.25, 0.3) is 11.3 Å². The normalized spacial score (nSPS) is 16.3. The molecular formula is C26H29F9N6O7. The van der Waals surface area contributed by atoms with Gasteiger partial charge in [0.2, 0.25) is 0 Å². The monoisotopic (exact) mass is 708 g/mol. The van der Waals surface area contributed by atoms with Gasteiger partial charge in [0.05, 0.1) is 36.4 Å². The maximum atomic E-state index is 10.6.